The van der Waals surface area contributed by atoms with E-state index in [2.05, 4.69) is 65.8 Å². The molecular weight excluding hydrogens is 608 g/mol. The lowest BCUT2D eigenvalue weighted by molar-refractivity contribution is -0.144. The molecule has 2 aromatic heterocycles. The number of ketones is 1. The molecule has 6 atom stereocenters. The minimum Gasteiger partial charge on any atom is -0.515 e. The van der Waals surface area contributed by atoms with Crippen molar-refractivity contribution in [2.75, 3.05) is 20.3 Å². The van der Waals surface area contributed by atoms with E-state index >= 15 is 0 Å². The number of ether oxygens (including phenoxy) is 2. The summed E-state index contributed by atoms with van der Waals surface area (Å²) < 4.78 is 10.5. The Morgan fingerprint density at radius 2 is 1.94 bits per heavy atom. The molecule has 5 aliphatic rings. The number of H-pyrrole nitrogens is 2. The summed E-state index contributed by atoms with van der Waals surface area (Å²) in [6.07, 6.45) is 11.0. The highest BCUT2D eigenvalue weighted by molar-refractivity contribution is 6.19. The molecule has 7 rings (SSSR count). The second-order valence-corrected chi connectivity index (χ2v) is 13.6. The summed E-state index contributed by atoms with van der Waals surface area (Å²) in [5.74, 6) is -2.31. The second-order valence-electron chi connectivity index (χ2n) is 13.6. The van der Waals surface area contributed by atoms with E-state index in [1.54, 1.807) is 6.92 Å². The highest BCUT2D eigenvalue weighted by atomic mass is 16.5. The van der Waals surface area contributed by atoms with Crippen molar-refractivity contribution in [3.8, 4) is 0 Å². The fourth-order valence-corrected chi connectivity index (χ4v) is 8.90. The first-order valence-corrected chi connectivity index (χ1v) is 16.9. The zero-order valence-corrected chi connectivity index (χ0v) is 28.5. The standard InChI is InChI=1S/C38H44N4O6/c1-8-21-18(4)25-13-26-19(5)23(11-12-30(44)48-10-3)34(40-26)32-33(37(46)47-7)36(45)31-20(6)27(41-35(31)32)14-29-22(9-2)24(16-43)38(17-42(29)38)15-28(21)39-25/h8,13-16,19,23,26,33-34,39-41,43H,1,9-12,17H2,2-7H3/b24-16-,25-13+,27-14-,28-15-/t19-,23-,26?,33+,34?,38+,42?/m0/s1. The van der Waals surface area contributed by atoms with E-state index < -0.39 is 23.5 Å². The van der Waals surface area contributed by atoms with E-state index in [-0.39, 0.29) is 36.1 Å². The van der Waals surface area contributed by atoms with Gasteiger partial charge in [-0.1, -0.05) is 26.5 Å². The summed E-state index contributed by atoms with van der Waals surface area (Å²) >= 11 is 0. The van der Waals surface area contributed by atoms with Crippen molar-refractivity contribution >= 4 is 47.6 Å². The van der Waals surface area contributed by atoms with Crippen LogP contribution in [0.15, 0.2) is 29.7 Å². The fraction of sp³-hybridized carbons (Fsp3) is 0.447. The number of carbonyl (C=O) groups is 3. The van der Waals surface area contributed by atoms with Crippen LogP contribution < -0.4 is 26.7 Å². The number of aromatic amines is 2. The Kier molecular flexibility index (Phi) is 7.70. The largest absolute Gasteiger partial charge is 0.515 e. The van der Waals surface area contributed by atoms with Gasteiger partial charge in [0, 0.05) is 56.9 Å². The number of nitrogens with one attached hydrogen (secondary N) is 3. The Balaban J connectivity index is 1.54. The van der Waals surface area contributed by atoms with E-state index in [9.17, 15) is 19.5 Å². The summed E-state index contributed by atoms with van der Waals surface area (Å²) in [4.78, 5) is 49.8. The molecule has 252 valence electrons. The molecule has 0 amide bonds. The molecule has 1 aliphatic carbocycles. The van der Waals surface area contributed by atoms with Gasteiger partial charge in [-0.15, -0.1) is 0 Å². The Morgan fingerprint density at radius 3 is 2.60 bits per heavy atom. The average Bonchev–Trinajstić information content (AvgIpc) is 3.27. The molecule has 2 unspecified atom stereocenters. The second kappa shape index (κ2) is 11.5. The van der Waals surface area contributed by atoms with Crippen LogP contribution in [0.5, 0.6) is 0 Å². The number of Topliss-reactive ketones (excluding diaryl/α,β-unsaturated/α-hetero) is 1. The van der Waals surface area contributed by atoms with Gasteiger partial charge in [-0.05, 0) is 85.9 Å². The van der Waals surface area contributed by atoms with E-state index in [1.807, 2.05) is 13.0 Å². The third kappa shape index (κ3) is 4.45. The van der Waals surface area contributed by atoms with E-state index in [4.69, 9.17) is 9.47 Å². The molecular formula is C38H44N4O6. The summed E-state index contributed by atoms with van der Waals surface area (Å²) in [6.45, 7) is 15.1. The van der Waals surface area contributed by atoms with Gasteiger partial charge in [0.2, 0.25) is 0 Å². The van der Waals surface area contributed by atoms with Crippen LogP contribution in [0.4, 0.5) is 0 Å². The number of aliphatic hydroxyl groups excluding tert-OH is 1. The van der Waals surface area contributed by atoms with Crippen molar-refractivity contribution in [1.29, 1.82) is 0 Å². The van der Waals surface area contributed by atoms with Gasteiger partial charge in [0.1, 0.15) is 11.5 Å². The molecule has 0 spiro atoms. The van der Waals surface area contributed by atoms with Crippen LogP contribution in [0.2, 0.25) is 0 Å². The van der Waals surface area contributed by atoms with Crippen LogP contribution in [0, 0.1) is 31.6 Å². The molecule has 6 heterocycles. The van der Waals surface area contributed by atoms with Crippen LogP contribution in [0.1, 0.15) is 67.1 Å². The first-order chi connectivity index (χ1) is 23.0. The summed E-state index contributed by atoms with van der Waals surface area (Å²) in [5.41, 5.74) is 6.34. The lowest BCUT2D eigenvalue weighted by Crippen LogP contribution is -2.39. The molecule has 2 fully saturated rings. The molecule has 4 aliphatic heterocycles. The van der Waals surface area contributed by atoms with Crippen molar-refractivity contribution in [1.82, 2.24) is 20.2 Å². The molecule has 0 saturated carbocycles. The zero-order chi connectivity index (χ0) is 34.2. The summed E-state index contributed by atoms with van der Waals surface area (Å²) in [7, 11) is 1.31. The Morgan fingerprint density at radius 1 is 1.17 bits per heavy atom. The third-order valence-electron chi connectivity index (χ3n) is 11.4. The first kappa shape index (κ1) is 32.0. The number of methoxy groups -OCH3 is 1. The van der Waals surface area contributed by atoms with Gasteiger partial charge >= 0.3 is 11.9 Å². The van der Waals surface area contributed by atoms with E-state index in [0.29, 0.717) is 42.5 Å². The lowest BCUT2D eigenvalue weighted by Gasteiger charge is -2.25. The number of allylic oxidation sites excluding steroid dienone is 1. The molecule has 0 radical (unpaired) electrons. The van der Waals surface area contributed by atoms with Gasteiger partial charge in [0.25, 0.3) is 0 Å². The van der Waals surface area contributed by atoms with Crippen molar-refractivity contribution in [2.45, 2.75) is 71.5 Å². The molecule has 10 heteroatoms. The molecule has 2 saturated heterocycles. The van der Waals surface area contributed by atoms with Crippen LogP contribution in [0.3, 0.4) is 0 Å². The quantitative estimate of drug-likeness (QED) is 0.154. The third-order valence-corrected chi connectivity index (χ3v) is 11.4. The van der Waals surface area contributed by atoms with Crippen molar-refractivity contribution in [3.63, 3.8) is 0 Å². The van der Waals surface area contributed by atoms with Crippen molar-refractivity contribution < 1.29 is 29.0 Å². The smallest absolute Gasteiger partial charge is 0.320 e. The number of hydrogen-bond donors (Lipinski definition) is 4. The fourth-order valence-electron chi connectivity index (χ4n) is 8.90. The highest BCUT2D eigenvalue weighted by Gasteiger charge is 2.60. The normalized spacial score (nSPS) is 31.1. The van der Waals surface area contributed by atoms with Crippen molar-refractivity contribution in [3.05, 3.63) is 73.3 Å². The van der Waals surface area contributed by atoms with Crippen LogP contribution in [-0.2, 0) is 19.1 Å². The Hall–Kier alpha value is -4.57. The summed E-state index contributed by atoms with van der Waals surface area (Å²) in [6, 6.07) is -0.551. The maximum absolute atomic E-state index is 14.2. The minimum absolute atomic E-state index is 0.0317. The maximum atomic E-state index is 14.2. The SMILES string of the molecule is C=Cc1c(C)/c2[nH]/c1=C\[C@]13CN1C(=C(CC)C/3=C/O)/C=c1\[nH]c3c(c1C)C(=O)[C@H](C(=O)OC)C=3C1NC(/C=2)[C@@H](C)[C@@H]1CCC(=O)OCC. The van der Waals surface area contributed by atoms with Gasteiger partial charge in [0.15, 0.2) is 5.78 Å². The van der Waals surface area contributed by atoms with Gasteiger partial charge in [-0.25, -0.2) is 0 Å². The van der Waals surface area contributed by atoms with Crippen LogP contribution >= 0.6 is 0 Å². The lowest BCUT2D eigenvalue weighted by atomic mass is 9.79. The van der Waals surface area contributed by atoms with Gasteiger partial charge in [0.05, 0.1) is 31.9 Å². The predicted molar refractivity (Wildman–Crippen MR) is 183 cm³/mol. The number of carbonyl (C=O) groups excluding carboxylic acids is 3. The van der Waals surface area contributed by atoms with Crippen molar-refractivity contribution in [2.24, 2.45) is 17.8 Å². The predicted octanol–water partition coefficient (Wildman–Crippen LogP) is 1.90. The number of fused-ring (bicyclic) bond motifs is 6. The Labute approximate surface area is 279 Å². The summed E-state index contributed by atoms with van der Waals surface area (Å²) in [5, 5.41) is 17.7. The molecule has 4 N–H and O–H groups in total. The molecule has 2 aromatic rings. The number of rotatable bonds is 7. The minimum atomic E-state index is -1.10. The van der Waals surface area contributed by atoms with Crippen LogP contribution in [-0.4, -0.2) is 75.6 Å². The number of aliphatic hydroxyl groups is 1. The topological polar surface area (TPSA) is 137 Å². The van der Waals surface area contributed by atoms with Gasteiger partial charge in [-0.2, -0.15) is 0 Å². The molecule has 48 heavy (non-hydrogen) atoms. The number of nitrogens with zero attached hydrogens (tertiary/aromatic N) is 1. The van der Waals surface area contributed by atoms with E-state index in [1.165, 1.54) is 13.4 Å². The Bertz CT molecular complexity index is 2100. The molecule has 8 bridgehead atoms. The van der Waals surface area contributed by atoms with Gasteiger partial charge < -0.3 is 34.8 Å². The monoisotopic (exact) mass is 652 g/mol. The van der Waals surface area contributed by atoms with Gasteiger partial charge in [-0.3, -0.25) is 14.4 Å². The number of esters is 2. The average molecular weight is 653 g/mol. The molecule has 10 nitrogen and oxygen atoms in total. The maximum Gasteiger partial charge on any atom is 0.320 e. The molecule has 0 aromatic carbocycles. The highest BCUT2D eigenvalue weighted by Crippen LogP contribution is 2.55. The number of aromatic nitrogens is 2. The first-order valence-electron chi connectivity index (χ1n) is 16.9. The zero-order valence-electron chi connectivity index (χ0n) is 28.5. The van der Waals surface area contributed by atoms with E-state index in [0.717, 1.165) is 49.6 Å². The number of hydrogen-bond acceptors (Lipinski definition) is 8. The van der Waals surface area contributed by atoms with Crippen LogP contribution in [0.25, 0.3) is 29.9 Å².